The average molecular weight is 325 g/mol. The molecule has 0 saturated heterocycles. The van der Waals surface area contributed by atoms with Crippen molar-refractivity contribution in [1.29, 1.82) is 0 Å². The molecule has 0 atom stereocenters. The van der Waals surface area contributed by atoms with Crippen molar-refractivity contribution >= 4 is 27.2 Å². The van der Waals surface area contributed by atoms with Gasteiger partial charge in [-0.05, 0) is 11.6 Å². The van der Waals surface area contributed by atoms with Crippen LogP contribution < -0.4 is 10.5 Å². The molecular formula is C13H12FN3O2S2. The van der Waals surface area contributed by atoms with Crippen molar-refractivity contribution < 1.29 is 12.8 Å². The quantitative estimate of drug-likeness (QED) is 0.810. The summed E-state index contributed by atoms with van der Waals surface area (Å²) in [6, 6.07) is 7.73. The van der Waals surface area contributed by atoms with Crippen molar-refractivity contribution in [2.24, 2.45) is 5.73 Å². The van der Waals surface area contributed by atoms with Crippen LogP contribution in [-0.2, 0) is 16.6 Å². The molecule has 1 aromatic heterocycles. The number of halogens is 1. The zero-order valence-corrected chi connectivity index (χ0v) is 12.4. The van der Waals surface area contributed by atoms with Crippen LogP contribution in [0.15, 0.2) is 47.6 Å². The molecule has 0 amide bonds. The number of thiocarbonyl (C=S) groups is 1. The Morgan fingerprint density at radius 1 is 1.29 bits per heavy atom. The van der Waals surface area contributed by atoms with Gasteiger partial charge in [0.25, 0.3) is 0 Å². The summed E-state index contributed by atoms with van der Waals surface area (Å²) in [4.78, 5) is 3.57. The lowest BCUT2D eigenvalue weighted by molar-refractivity contribution is 0.575. The molecule has 8 heteroatoms. The summed E-state index contributed by atoms with van der Waals surface area (Å²) < 4.78 is 39.3. The van der Waals surface area contributed by atoms with Crippen LogP contribution >= 0.6 is 12.2 Å². The largest absolute Gasteiger partial charge is 0.389 e. The number of nitrogens with two attached hydrogens (primary N) is 1. The minimum Gasteiger partial charge on any atom is -0.389 e. The third-order valence-electron chi connectivity index (χ3n) is 2.69. The first-order valence-corrected chi connectivity index (χ1v) is 7.76. The predicted octanol–water partition coefficient (Wildman–Crippen LogP) is 1.33. The Balaban J connectivity index is 2.10. The monoisotopic (exact) mass is 325 g/mol. The maximum absolute atomic E-state index is 13.0. The van der Waals surface area contributed by atoms with Gasteiger partial charge in [-0.15, -0.1) is 0 Å². The number of pyridine rings is 1. The van der Waals surface area contributed by atoms with E-state index in [4.69, 9.17) is 18.0 Å². The highest BCUT2D eigenvalue weighted by Gasteiger charge is 2.14. The molecule has 21 heavy (non-hydrogen) atoms. The fraction of sp³-hybridized carbons (Fsp3) is 0.0769. The van der Waals surface area contributed by atoms with Gasteiger partial charge in [-0.2, -0.15) is 0 Å². The van der Waals surface area contributed by atoms with Crippen LogP contribution in [0, 0.1) is 5.82 Å². The lowest BCUT2D eigenvalue weighted by atomic mass is 10.1. The van der Waals surface area contributed by atoms with E-state index in [-0.39, 0.29) is 16.4 Å². The molecule has 0 spiro atoms. The van der Waals surface area contributed by atoms with Crippen LogP contribution in [0.1, 0.15) is 11.1 Å². The van der Waals surface area contributed by atoms with Crippen molar-refractivity contribution in [3.05, 3.63) is 59.7 Å². The highest BCUT2D eigenvalue weighted by Crippen LogP contribution is 2.10. The van der Waals surface area contributed by atoms with E-state index in [1.807, 2.05) is 0 Å². The first kappa shape index (κ1) is 15.5. The second kappa shape index (κ2) is 6.25. The molecule has 0 fully saturated rings. The average Bonchev–Trinajstić information content (AvgIpc) is 2.45. The summed E-state index contributed by atoms with van der Waals surface area (Å²) in [6.07, 6.45) is 2.02. The molecule has 1 aromatic carbocycles. The SMILES string of the molecule is NC(=S)c1ccc(CNS(=O)(=O)c2cncc(F)c2)cc1. The normalized spacial score (nSPS) is 11.3. The zero-order chi connectivity index (χ0) is 15.5. The Morgan fingerprint density at radius 2 is 1.95 bits per heavy atom. The van der Waals surface area contributed by atoms with Crippen LogP contribution in [-0.4, -0.2) is 18.4 Å². The number of aromatic nitrogens is 1. The van der Waals surface area contributed by atoms with E-state index in [9.17, 15) is 12.8 Å². The molecule has 5 nitrogen and oxygen atoms in total. The van der Waals surface area contributed by atoms with Gasteiger partial charge in [0, 0.05) is 18.3 Å². The molecule has 2 rings (SSSR count). The van der Waals surface area contributed by atoms with E-state index < -0.39 is 15.8 Å². The Labute approximate surface area is 127 Å². The molecule has 0 unspecified atom stereocenters. The molecule has 1 heterocycles. The van der Waals surface area contributed by atoms with Crippen molar-refractivity contribution in [1.82, 2.24) is 9.71 Å². The lowest BCUT2D eigenvalue weighted by Gasteiger charge is -2.07. The van der Waals surface area contributed by atoms with Gasteiger partial charge >= 0.3 is 0 Å². The van der Waals surface area contributed by atoms with Crippen LogP contribution in [0.5, 0.6) is 0 Å². The third-order valence-corrected chi connectivity index (χ3v) is 4.30. The van der Waals surface area contributed by atoms with E-state index in [0.29, 0.717) is 5.56 Å². The highest BCUT2D eigenvalue weighted by molar-refractivity contribution is 7.89. The van der Waals surface area contributed by atoms with Gasteiger partial charge in [0.15, 0.2) is 0 Å². The summed E-state index contributed by atoms with van der Waals surface area (Å²) in [5, 5.41) is 0. The number of nitrogens with one attached hydrogen (secondary N) is 1. The second-order valence-electron chi connectivity index (χ2n) is 4.22. The minimum atomic E-state index is -3.81. The maximum atomic E-state index is 13.0. The summed E-state index contributed by atoms with van der Waals surface area (Å²) in [7, 11) is -3.81. The zero-order valence-electron chi connectivity index (χ0n) is 10.8. The molecule has 0 aliphatic rings. The van der Waals surface area contributed by atoms with Gasteiger partial charge < -0.3 is 5.73 Å². The van der Waals surface area contributed by atoms with E-state index >= 15 is 0 Å². The summed E-state index contributed by atoms with van der Waals surface area (Å²) >= 11 is 4.83. The Kier molecular flexibility index (Phi) is 4.61. The predicted molar refractivity (Wildman–Crippen MR) is 80.5 cm³/mol. The standard InChI is InChI=1S/C13H12FN3O2S2/c14-11-5-12(8-16-7-11)21(18,19)17-6-9-1-3-10(4-2-9)13(15)20/h1-5,7-8,17H,6H2,(H2,15,20). The number of rotatable bonds is 5. The minimum absolute atomic E-state index is 0.0659. The second-order valence-corrected chi connectivity index (χ2v) is 6.43. The van der Waals surface area contributed by atoms with Gasteiger partial charge in [-0.25, -0.2) is 17.5 Å². The molecule has 2 aromatic rings. The van der Waals surface area contributed by atoms with Gasteiger partial charge in [0.1, 0.15) is 15.7 Å². The smallest absolute Gasteiger partial charge is 0.242 e. The van der Waals surface area contributed by atoms with E-state index in [1.165, 1.54) is 0 Å². The number of hydrogen-bond donors (Lipinski definition) is 2. The van der Waals surface area contributed by atoms with Crippen LogP contribution in [0.25, 0.3) is 0 Å². The molecule has 110 valence electrons. The summed E-state index contributed by atoms with van der Waals surface area (Å²) in [6.45, 7) is 0.0659. The Morgan fingerprint density at radius 3 is 2.52 bits per heavy atom. The number of sulfonamides is 1. The fourth-order valence-corrected chi connectivity index (χ4v) is 2.71. The van der Waals surface area contributed by atoms with Gasteiger partial charge in [0.05, 0.1) is 6.20 Å². The summed E-state index contributed by atoms with van der Waals surface area (Å²) in [5.74, 6) is -0.710. The number of hydrogen-bond acceptors (Lipinski definition) is 4. The summed E-state index contributed by atoms with van der Waals surface area (Å²) in [5.41, 5.74) is 6.90. The van der Waals surface area contributed by atoms with Crippen LogP contribution in [0.2, 0.25) is 0 Å². The van der Waals surface area contributed by atoms with Crippen molar-refractivity contribution in [2.45, 2.75) is 11.4 Å². The maximum Gasteiger partial charge on any atom is 0.242 e. The number of benzene rings is 1. The first-order valence-electron chi connectivity index (χ1n) is 5.87. The van der Waals surface area contributed by atoms with Crippen molar-refractivity contribution in [3.8, 4) is 0 Å². The molecular weight excluding hydrogens is 313 g/mol. The Hall–Kier alpha value is -1.90. The van der Waals surface area contributed by atoms with E-state index in [2.05, 4.69) is 9.71 Å². The molecule has 0 bridgehead atoms. The van der Waals surface area contributed by atoms with Gasteiger partial charge in [-0.1, -0.05) is 36.5 Å². The van der Waals surface area contributed by atoms with Crippen LogP contribution in [0.4, 0.5) is 4.39 Å². The fourth-order valence-electron chi connectivity index (χ4n) is 1.59. The van der Waals surface area contributed by atoms with E-state index in [0.717, 1.165) is 24.0 Å². The Bertz CT molecular complexity index is 761. The van der Waals surface area contributed by atoms with Gasteiger partial charge in [-0.3, -0.25) is 4.98 Å². The van der Waals surface area contributed by atoms with Crippen molar-refractivity contribution in [3.63, 3.8) is 0 Å². The molecule has 0 aliphatic heterocycles. The van der Waals surface area contributed by atoms with E-state index in [1.54, 1.807) is 24.3 Å². The molecule has 3 N–H and O–H groups in total. The molecule has 0 saturated carbocycles. The third kappa shape index (κ3) is 4.03. The van der Waals surface area contributed by atoms with Crippen LogP contribution in [0.3, 0.4) is 0 Å². The highest BCUT2D eigenvalue weighted by atomic mass is 32.2. The van der Waals surface area contributed by atoms with Crippen molar-refractivity contribution in [2.75, 3.05) is 0 Å². The van der Waals surface area contributed by atoms with Gasteiger partial charge in [0.2, 0.25) is 10.0 Å². The first-order chi connectivity index (χ1) is 9.88. The topological polar surface area (TPSA) is 85.1 Å². The molecule has 0 radical (unpaired) electrons. The number of nitrogens with zero attached hydrogens (tertiary/aromatic N) is 1. The lowest BCUT2D eigenvalue weighted by Crippen LogP contribution is -2.23. The molecule has 0 aliphatic carbocycles.